The standard InChI is InChI=1S/C25H30N2O6/c1-16(2)12-20(24(30)27-21-14-23(29)33-25(21)31)26-22(28)15-32-19-10-8-18(9-11-19)13-17-6-4-3-5-7-17/h3-11,16,20-21,25,31H,12-15H2,1-2H3,(H,26,28)(H,27,30)/t20-,21-,25?/m0/s1. The topological polar surface area (TPSA) is 114 Å². The minimum atomic E-state index is -1.38. The molecule has 1 fully saturated rings. The van der Waals surface area contributed by atoms with Gasteiger partial charge in [-0.1, -0.05) is 56.3 Å². The van der Waals surface area contributed by atoms with Crippen LogP contribution in [0.1, 0.15) is 37.8 Å². The average molecular weight is 455 g/mol. The molecule has 1 saturated heterocycles. The van der Waals surface area contributed by atoms with Crippen LogP contribution in [0.3, 0.4) is 0 Å². The second-order valence-electron chi connectivity index (χ2n) is 8.54. The number of ether oxygens (including phenoxy) is 2. The lowest BCUT2D eigenvalue weighted by Gasteiger charge is -2.22. The van der Waals surface area contributed by atoms with E-state index in [0.717, 1.165) is 12.0 Å². The van der Waals surface area contributed by atoms with Crippen molar-refractivity contribution in [2.75, 3.05) is 6.61 Å². The van der Waals surface area contributed by atoms with E-state index in [-0.39, 0.29) is 18.9 Å². The minimum absolute atomic E-state index is 0.112. The van der Waals surface area contributed by atoms with Gasteiger partial charge in [-0.15, -0.1) is 0 Å². The molecule has 2 aromatic carbocycles. The highest BCUT2D eigenvalue weighted by molar-refractivity contribution is 5.88. The van der Waals surface area contributed by atoms with Crippen molar-refractivity contribution in [1.82, 2.24) is 10.6 Å². The maximum absolute atomic E-state index is 12.6. The Morgan fingerprint density at radius 2 is 1.76 bits per heavy atom. The molecule has 8 nitrogen and oxygen atoms in total. The molecule has 0 saturated carbocycles. The van der Waals surface area contributed by atoms with Crippen molar-refractivity contribution in [1.29, 1.82) is 0 Å². The van der Waals surface area contributed by atoms with Crippen LogP contribution in [0.5, 0.6) is 5.75 Å². The second-order valence-corrected chi connectivity index (χ2v) is 8.54. The lowest BCUT2D eigenvalue weighted by molar-refractivity contribution is -0.155. The maximum atomic E-state index is 12.6. The van der Waals surface area contributed by atoms with Gasteiger partial charge in [-0.2, -0.15) is 0 Å². The number of cyclic esters (lactones) is 1. The highest BCUT2D eigenvalue weighted by Crippen LogP contribution is 2.16. The summed E-state index contributed by atoms with van der Waals surface area (Å²) in [7, 11) is 0. The first-order valence-corrected chi connectivity index (χ1v) is 11.0. The van der Waals surface area contributed by atoms with Crippen LogP contribution in [0, 0.1) is 5.92 Å². The first-order valence-electron chi connectivity index (χ1n) is 11.0. The summed E-state index contributed by atoms with van der Waals surface area (Å²) in [4.78, 5) is 36.4. The number of aliphatic hydroxyl groups excluding tert-OH is 1. The van der Waals surface area contributed by atoms with Gasteiger partial charge in [0, 0.05) is 0 Å². The third kappa shape index (κ3) is 7.61. The van der Waals surface area contributed by atoms with Gasteiger partial charge in [0.2, 0.25) is 12.2 Å². The fraction of sp³-hybridized carbons (Fsp3) is 0.400. The lowest BCUT2D eigenvalue weighted by Crippen LogP contribution is -2.52. The molecule has 1 aliphatic rings. The zero-order chi connectivity index (χ0) is 23.8. The molecule has 2 aromatic rings. The van der Waals surface area contributed by atoms with E-state index in [1.54, 1.807) is 0 Å². The molecule has 0 radical (unpaired) electrons. The molecule has 3 atom stereocenters. The molecule has 176 valence electrons. The molecular weight excluding hydrogens is 424 g/mol. The van der Waals surface area contributed by atoms with Crippen molar-refractivity contribution in [3.8, 4) is 5.75 Å². The van der Waals surface area contributed by atoms with E-state index in [2.05, 4.69) is 27.5 Å². The fourth-order valence-corrected chi connectivity index (χ4v) is 3.57. The van der Waals surface area contributed by atoms with Crippen LogP contribution in [0.25, 0.3) is 0 Å². The molecule has 0 bridgehead atoms. The number of hydrogen-bond acceptors (Lipinski definition) is 6. The Bertz CT molecular complexity index is 945. The number of aliphatic hydroxyl groups is 1. The third-order valence-electron chi connectivity index (χ3n) is 5.21. The Morgan fingerprint density at radius 3 is 2.36 bits per heavy atom. The van der Waals surface area contributed by atoms with E-state index >= 15 is 0 Å². The number of carbonyl (C=O) groups is 3. The summed E-state index contributed by atoms with van der Waals surface area (Å²) in [6.07, 6.45) is -0.299. The van der Waals surface area contributed by atoms with Crippen molar-refractivity contribution in [3.05, 3.63) is 65.7 Å². The summed E-state index contributed by atoms with van der Waals surface area (Å²) < 4.78 is 10.2. The Morgan fingerprint density at radius 1 is 1.09 bits per heavy atom. The molecule has 0 aromatic heterocycles. The zero-order valence-corrected chi connectivity index (χ0v) is 18.8. The summed E-state index contributed by atoms with van der Waals surface area (Å²) in [5.41, 5.74) is 2.34. The number of esters is 1. The van der Waals surface area contributed by atoms with Crippen molar-refractivity contribution in [2.45, 2.75) is 51.5 Å². The largest absolute Gasteiger partial charge is 0.484 e. The lowest BCUT2D eigenvalue weighted by atomic mass is 10.0. The van der Waals surface area contributed by atoms with E-state index in [1.165, 1.54) is 5.56 Å². The van der Waals surface area contributed by atoms with E-state index in [0.29, 0.717) is 12.2 Å². The van der Waals surface area contributed by atoms with Crippen molar-refractivity contribution >= 4 is 17.8 Å². The van der Waals surface area contributed by atoms with Crippen molar-refractivity contribution in [3.63, 3.8) is 0 Å². The van der Waals surface area contributed by atoms with Gasteiger partial charge >= 0.3 is 5.97 Å². The first-order chi connectivity index (χ1) is 15.8. The SMILES string of the molecule is CC(C)C[C@H](NC(=O)COc1ccc(Cc2ccccc2)cc1)C(=O)N[C@H]1CC(=O)OC1O. The van der Waals surface area contributed by atoms with Gasteiger partial charge in [0.05, 0.1) is 6.42 Å². The summed E-state index contributed by atoms with van der Waals surface area (Å²) in [6.45, 7) is 3.61. The van der Waals surface area contributed by atoms with E-state index in [4.69, 9.17) is 4.74 Å². The van der Waals surface area contributed by atoms with Gasteiger partial charge in [-0.3, -0.25) is 14.4 Å². The Balaban J connectivity index is 1.50. The number of amides is 2. The van der Waals surface area contributed by atoms with Gasteiger partial charge in [0.25, 0.3) is 5.91 Å². The Hall–Kier alpha value is -3.39. The summed E-state index contributed by atoms with van der Waals surface area (Å²) in [5.74, 6) is -0.823. The van der Waals surface area contributed by atoms with Gasteiger partial charge in [-0.25, -0.2) is 0 Å². The van der Waals surface area contributed by atoms with Gasteiger partial charge in [0.15, 0.2) is 6.61 Å². The van der Waals surface area contributed by atoms with E-state index in [9.17, 15) is 19.5 Å². The first kappa shape index (κ1) is 24.3. The summed E-state index contributed by atoms with van der Waals surface area (Å²) in [6, 6.07) is 16.0. The number of rotatable bonds is 10. The smallest absolute Gasteiger partial charge is 0.310 e. The molecular formula is C25H30N2O6. The van der Waals surface area contributed by atoms with Crippen molar-refractivity contribution in [2.24, 2.45) is 5.92 Å². The number of carbonyl (C=O) groups excluding carboxylic acids is 3. The van der Waals surface area contributed by atoms with Crippen LogP contribution in [0.15, 0.2) is 54.6 Å². The summed E-state index contributed by atoms with van der Waals surface area (Å²) in [5, 5.41) is 15.0. The maximum Gasteiger partial charge on any atom is 0.310 e. The Kier molecular flexibility index (Phi) is 8.43. The predicted molar refractivity (Wildman–Crippen MR) is 121 cm³/mol. The van der Waals surface area contributed by atoms with Crippen LogP contribution in [-0.4, -0.2) is 47.9 Å². The molecule has 3 rings (SSSR count). The highest BCUT2D eigenvalue weighted by Gasteiger charge is 2.36. The van der Waals surface area contributed by atoms with E-state index in [1.807, 2.05) is 56.3 Å². The number of hydrogen-bond donors (Lipinski definition) is 3. The fourth-order valence-electron chi connectivity index (χ4n) is 3.57. The van der Waals surface area contributed by atoms with Gasteiger partial charge in [-0.05, 0) is 42.0 Å². The van der Waals surface area contributed by atoms with Crippen LogP contribution in [0.2, 0.25) is 0 Å². The zero-order valence-electron chi connectivity index (χ0n) is 18.8. The highest BCUT2D eigenvalue weighted by atomic mass is 16.6. The Labute approximate surface area is 193 Å². The number of nitrogens with one attached hydrogen (secondary N) is 2. The third-order valence-corrected chi connectivity index (χ3v) is 5.21. The second kappa shape index (κ2) is 11.5. The molecule has 1 heterocycles. The molecule has 33 heavy (non-hydrogen) atoms. The van der Waals surface area contributed by atoms with Crippen LogP contribution in [-0.2, 0) is 25.5 Å². The van der Waals surface area contributed by atoms with Gasteiger partial charge in [0.1, 0.15) is 17.8 Å². The summed E-state index contributed by atoms with van der Waals surface area (Å²) >= 11 is 0. The molecule has 0 spiro atoms. The molecule has 2 amide bonds. The predicted octanol–water partition coefficient (Wildman–Crippen LogP) is 1.94. The van der Waals surface area contributed by atoms with Crippen LogP contribution in [0.4, 0.5) is 0 Å². The molecule has 0 aliphatic carbocycles. The van der Waals surface area contributed by atoms with Gasteiger partial charge < -0.3 is 25.2 Å². The normalized spacial score (nSPS) is 18.5. The monoisotopic (exact) mass is 454 g/mol. The molecule has 1 aliphatic heterocycles. The van der Waals surface area contributed by atoms with Crippen LogP contribution >= 0.6 is 0 Å². The molecule has 8 heteroatoms. The van der Waals surface area contributed by atoms with Crippen LogP contribution < -0.4 is 15.4 Å². The van der Waals surface area contributed by atoms with Crippen molar-refractivity contribution < 1.29 is 29.0 Å². The quantitative estimate of drug-likeness (QED) is 0.473. The molecule has 1 unspecified atom stereocenters. The average Bonchev–Trinajstić information content (AvgIpc) is 3.09. The minimum Gasteiger partial charge on any atom is -0.484 e. The number of benzene rings is 2. The molecule has 3 N–H and O–H groups in total. The van der Waals surface area contributed by atoms with E-state index < -0.39 is 36.2 Å².